The van der Waals surface area contributed by atoms with Crippen molar-refractivity contribution < 1.29 is 19.1 Å². The van der Waals surface area contributed by atoms with E-state index in [9.17, 15) is 9.59 Å². The Morgan fingerprint density at radius 1 is 1.08 bits per heavy atom. The summed E-state index contributed by atoms with van der Waals surface area (Å²) >= 11 is 6.06. The molecule has 26 heavy (non-hydrogen) atoms. The van der Waals surface area contributed by atoms with Crippen LogP contribution in [0, 0.1) is 6.92 Å². The van der Waals surface area contributed by atoms with E-state index in [1.54, 1.807) is 24.3 Å². The van der Waals surface area contributed by atoms with Crippen molar-refractivity contribution in [2.45, 2.75) is 13.8 Å². The molecule has 2 amide bonds. The van der Waals surface area contributed by atoms with Crippen LogP contribution in [0.3, 0.4) is 0 Å². The van der Waals surface area contributed by atoms with Gasteiger partial charge in [-0.2, -0.15) is 0 Å². The second-order valence-electron chi connectivity index (χ2n) is 5.68. The summed E-state index contributed by atoms with van der Waals surface area (Å²) in [5, 5.41) is 3.10. The van der Waals surface area contributed by atoms with Crippen LogP contribution in [0.4, 0.5) is 11.4 Å². The second kappa shape index (κ2) is 8.58. The Morgan fingerprint density at radius 2 is 1.69 bits per heavy atom. The monoisotopic (exact) mass is 376 g/mol. The van der Waals surface area contributed by atoms with Gasteiger partial charge in [-0.05, 0) is 19.1 Å². The Kier molecular flexibility index (Phi) is 6.46. The first-order valence-corrected chi connectivity index (χ1v) is 8.29. The summed E-state index contributed by atoms with van der Waals surface area (Å²) in [6, 6.07) is 10.5. The molecule has 0 heterocycles. The Hall–Kier alpha value is -2.73. The normalized spacial score (nSPS) is 10.2. The van der Waals surface area contributed by atoms with Crippen LogP contribution >= 0.6 is 11.6 Å². The van der Waals surface area contributed by atoms with E-state index in [0.29, 0.717) is 27.9 Å². The first-order chi connectivity index (χ1) is 12.3. The maximum atomic E-state index is 12.5. The molecule has 0 bridgehead atoms. The second-order valence-corrected chi connectivity index (χ2v) is 6.08. The molecule has 0 aliphatic rings. The summed E-state index contributed by atoms with van der Waals surface area (Å²) in [6.07, 6.45) is 0. The number of anilines is 2. The lowest BCUT2D eigenvalue weighted by molar-refractivity contribution is -0.120. The predicted octanol–water partition coefficient (Wildman–Crippen LogP) is 3.66. The van der Waals surface area contributed by atoms with E-state index in [0.717, 1.165) is 5.56 Å². The fourth-order valence-electron chi connectivity index (χ4n) is 2.40. The largest absolute Gasteiger partial charge is 0.495 e. The molecule has 2 rings (SSSR count). The van der Waals surface area contributed by atoms with Crippen LogP contribution < -0.4 is 19.7 Å². The standard InChI is InChI=1S/C19H21ClN2O4/c1-12-5-7-14(8-6-12)22(13(2)23)11-19(24)21-16-10-17(25-3)15(20)9-18(16)26-4/h5-10H,11H2,1-4H3,(H,21,24). The van der Waals surface area contributed by atoms with E-state index in [4.69, 9.17) is 21.1 Å². The Balaban J connectivity index is 2.21. The molecule has 0 aliphatic heterocycles. The zero-order valence-corrected chi connectivity index (χ0v) is 15.9. The molecular formula is C19H21ClN2O4. The number of ether oxygens (including phenoxy) is 2. The van der Waals surface area contributed by atoms with Crippen LogP contribution in [-0.4, -0.2) is 32.6 Å². The first-order valence-electron chi connectivity index (χ1n) is 7.92. The number of nitrogens with zero attached hydrogens (tertiary/aromatic N) is 1. The molecule has 0 radical (unpaired) electrons. The lowest BCUT2D eigenvalue weighted by atomic mass is 10.2. The zero-order valence-electron chi connectivity index (χ0n) is 15.1. The van der Waals surface area contributed by atoms with Crippen molar-refractivity contribution in [2.75, 3.05) is 31.0 Å². The van der Waals surface area contributed by atoms with Gasteiger partial charge in [-0.15, -0.1) is 0 Å². The molecule has 138 valence electrons. The minimum Gasteiger partial charge on any atom is -0.495 e. The van der Waals surface area contributed by atoms with Gasteiger partial charge >= 0.3 is 0 Å². The van der Waals surface area contributed by atoms with Gasteiger partial charge in [-0.3, -0.25) is 9.59 Å². The molecule has 7 heteroatoms. The molecule has 0 atom stereocenters. The van der Waals surface area contributed by atoms with E-state index in [2.05, 4.69) is 5.32 Å². The van der Waals surface area contributed by atoms with Crippen LogP contribution in [0.15, 0.2) is 36.4 Å². The molecule has 0 aliphatic carbocycles. The van der Waals surface area contributed by atoms with Gasteiger partial charge in [-0.1, -0.05) is 29.3 Å². The van der Waals surface area contributed by atoms with Crippen molar-refractivity contribution >= 4 is 34.8 Å². The summed E-state index contributed by atoms with van der Waals surface area (Å²) in [7, 11) is 2.95. The minimum absolute atomic E-state index is 0.132. The van der Waals surface area contributed by atoms with E-state index >= 15 is 0 Å². The minimum atomic E-state index is -0.372. The quantitative estimate of drug-likeness (QED) is 0.835. The number of hydrogen-bond donors (Lipinski definition) is 1. The Labute approximate surface area is 157 Å². The molecular weight excluding hydrogens is 356 g/mol. The highest BCUT2D eigenvalue weighted by atomic mass is 35.5. The third-order valence-electron chi connectivity index (χ3n) is 3.78. The van der Waals surface area contributed by atoms with Crippen molar-refractivity contribution in [1.82, 2.24) is 0 Å². The molecule has 0 spiro atoms. The van der Waals surface area contributed by atoms with E-state index in [-0.39, 0.29) is 18.4 Å². The van der Waals surface area contributed by atoms with Crippen LogP contribution in [0.25, 0.3) is 0 Å². The van der Waals surface area contributed by atoms with Gasteiger partial charge in [0.05, 0.1) is 24.9 Å². The van der Waals surface area contributed by atoms with Gasteiger partial charge in [0.15, 0.2) is 0 Å². The number of aryl methyl sites for hydroxylation is 1. The number of nitrogens with one attached hydrogen (secondary N) is 1. The van der Waals surface area contributed by atoms with Crippen molar-refractivity contribution in [3.63, 3.8) is 0 Å². The van der Waals surface area contributed by atoms with Crippen molar-refractivity contribution in [3.8, 4) is 11.5 Å². The summed E-state index contributed by atoms with van der Waals surface area (Å²) < 4.78 is 10.4. The Bertz CT molecular complexity index is 806. The van der Waals surface area contributed by atoms with Gasteiger partial charge in [0.2, 0.25) is 11.8 Å². The number of carbonyl (C=O) groups excluding carboxylic acids is 2. The highest BCUT2D eigenvalue weighted by molar-refractivity contribution is 6.32. The number of halogens is 1. The zero-order chi connectivity index (χ0) is 19.3. The summed E-state index contributed by atoms with van der Waals surface area (Å²) in [5.41, 5.74) is 2.13. The topological polar surface area (TPSA) is 67.9 Å². The number of methoxy groups -OCH3 is 2. The van der Waals surface area contributed by atoms with Gasteiger partial charge < -0.3 is 19.7 Å². The number of rotatable bonds is 6. The molecule has 1 N–H and O–H groups in total. The third kappa shape index (κ3) is 4.67. The van der Waals surface area contributed by atoms with E-state index in [1.165, 1.54) is 26.0 Å². The average molecular weight is 377 g/mol. The predicted molar refractivity (Wildman–Crippen MR) is 102 cm³/mol. The van der Waals surface area contributed by atoms with Crippen LogP contribution in [0.5, 0.6) is 11.5 Å². The number of benzene rings is 2. The van der Waals surface area contributed by atoms with Crippen molar-refractivity contribution in [1.29, 1.82) is 0 Å². The van der Waals surface area contributed by atoms with Gasteiger partial charge in [0.25, 0.3) is 0 Å². The van der Waals surface area contributed by atoms with Gasteiger partial charge in [0.1, 0.15) is 18.0 Å². The third-order valence-corrected chi connectivity index (χ3v) is 4.07. The molecule has 2 aromatic carbocycles. The summed E-state index contributed by atoms with van der Waals surface area (Å²) in [6.45, 7) is 3.24. The SMILES string of the molecule is COc1cc(NC(=O)CN(C(C)=O)c2ccc(C)cc2)c(OC)cc1Cl. The fraction of sp³-hybridized carbons (Fsp3) is 0.263. The van der Waals surface area contributed by atoms with Crippen LogP contribution in [0.1, 0.15) is 12.5 Å². The highest BCUT2D eigenvalue weighted by Gasteiger charge is 2.18. The van der Waals surface area contributed by atoms with E-state index in [1.807, 2.05) is 19.1 Å². The first kappa shape index (κ1) is 19.6. The molecule has 0 saturated heterocycles. The summed E-state index contributed by atoms with van der Waals surface area (Å²) in [5.74, 6) is 0.201. The Morgan fingerprint density at radius 3 is 2.23 bits per heavy atom. The molecule has 0 unspecified atom stereocenters. The van der Waals surface area contributed by atoms with Crippen LogP contribution in [0.2, 0.25) is 5.02 Å². The smallest absolute Gasteiger partial charge is 0.244 e. The highest BCUT2D eigenvalue weighted by Crippen LogP contribution is 2.35. The maximum absolute atomic E-state index is 12.5. The van der Waals surface area contributed by atoms with Gasteiger partial charge in [0, 0.05) is 24.7 Å². The van der Waals surface area contributed by atoms with Gasteiger partial charge in [-0.25, -0.2) is 0 Å². The number of amides is 2. The molecule has 6 nitrogen and oxygen atoms in total. The summed E-state index contributed by atoms with van der Waals surface area (Å²) in [4.78, 5) is 25.9. The lowest BCUT2D eigenvalue weighted by Gasteiger charge is -2.21. The lowest BCUT2D eigenvalue weighted by Crippen LogP contribution is -2.36. The number of hydrogen-bond acceptors (Lipinski definition) is 4. The van der Waals surface area contributed by atoms with E-state index < -0.39 is 0 Å². The average Bonchev–Trinajstić information content (AvgIpc) is 2.61. The number of carbonyl (C=O) groups is 2. The molecule has 0 fully saturated rings. The maximum Gasteiger partial charge on any atom is 0.244 e. The van der Waals surface area contributed by atoms with Crippen molar-refractivity contribution in [3.05, 3.63) is 47.0 Å². The molecule has 2 aromatic rings. The van der Waals surface area contributed by atoms with Crippen LogP contribution in [-0.2, 0) is 9.59 Å². The molecule has 0 aromatic heterocycles. The fourth-order valence-corrected chi connectivity index (χ4v) is 2.63. The molecule has 0 saturated carbocycles. The van der Waals surface area contributed by atoms with Crippen molar-refractivity contribution in [2.24, 2.45) is 0 Å².